The van der Waals surface area contributed by atoms with E-state index < -0.39 is 5.97 Å². The molecular formula is C23H27NO6. The topological polar surface area (TPSA) is 98.0 Å². The van der Waals surface area contributed by atoms with Crippen LogP contribution in [0.1, 0.15) is 54.6 Å². The molecule has 0 spiro atoms. The van der Waals surface area contributed by atoms with Crippen molar-refractivity contribution in [3.63, 3.8) is 0 Å². The van der Waals surface area contributed by atoms with Crippen LogP contribution >= 0.6 is 0 Å². The highest BCUT2D eigenvalue weighted by Crippen LogP contribution is 2.46. The number of nitrogens with zero attached hydrogens (tertiary/aromatic N) is 1. The summed E-state index contributed by atoms with van der Waals surface area (Å²) in [5.74, 6) is 0.240. The number of phenolic OH excluding ortho intramolecular Hbond substituents is 1. The molecule has 1 unspecified atom stereocenters. The molecule has 7 nitrogen and oxygen atoms in total. The molecule has 30 heavy (non-hydrogen) atoms. The molecule has 2 heterocycles. The van der Waals surface area contributed by atoms with Gasteiger partial charge in [0.1, 0.15) is 5.56 Å². The van der Waals surface area contributed by atoms with Gasteiger partial charge in [-0.1, -0.05) is 6.42 Å². The van der Waals surface area contributed by atoms with E-state index in [9.17, 15) is 14.7 Å². The number of rotatable bonds is 7. The summed E-state index contributed by atoms with van der Waals surface area (Å²) in [6.07, 6.45) is 6.24. The van der Waals surface area contributed by atoms with Crippen molar-refractivity contribution in [2.45, 2.75) is 45.1 Å². The van der Waals surface area contributed by atoms with Crippen LogP contribution in [0.25, 0.3) is 11.3 Å². The lowest BCUT2D eigenvalue weighted by atomic mass is 9.75. The van der Waals surface area contributed by atoms with Crippen LogP contribution in [0.5, 0.6) is 11.5 Å². The fraction of sp³-hybridized carbons (Fsp3) is 0.478. The first kappa shape index (κ1) is 20.5. The van der Waals surface area contributed by atoms with Gasteiger partial charge in [0.25, 0.3) is 0 Å². The normalized spacial score (nSPS) is 17.6. The van der Waals surface area contributed by atoms with Crippen LogP contribution in [0.2, 0.25) is 0 Å². The molecule has 1 aromatic carbocycles. The third-order valence-electron chi connectivity index (χ3n) is 6.08. The zero-order chi connectivity index (χ0) is 21.3. The maximum atomic E-state index is 12.7. The van der Waals surface area contributed by atoms with Crippen LogP contribution in [-0.4, -0.2) is 40.6 Å². The zero-order valence-corrected chi connectivity index (χ0v) is 17.1. The number of aromatic hydroxyl groups is 1. The fourth-order valence-corrected chi connectivity index (χ4v) is 4.32. The number of carbonyl (C=O) groups is 1. The second-order valence-electron chi connectivity index (χ2n) is 7.93. The Balaban J connectivity index is 1.79. The molecule has 7 heteroatoms. The summed E-state index contributed by atoms with van der Waals surface area (Å²) in [5.41, 5.74) is 2.13. The summed E-state index contributed by atoms with van der Waals surface area (Å²) >= 11 is 0. The van der Waals surface area contributed by atoms with E-state index in [0.717, 1.165) is 30.4 Å². The second kappa shape index (κ2) is 8.52. The first-order chi connectivity index (χ1) is 14.5. The Bertz CT molecular complexity index is 1010. The number of benzene rings is 1. The van der Waals surface area contributed by atoms with Crippen LogP contribution in [0, 0.1) is 5.92 Å². The molecule has 2 aliphatic rings. The number of pyridine rings is 1. The minimum Gasteiger partial charge on any atom is -0.504 e. The molecule has 1 aliphatic carbocycles. The lowest BCUT2D eigenvalue weighted by Gasteiger charge is -2.40. The van der Waals surface area contributed by atoms with E-state index in [1.165, 1.54) is 12.5 Å². The van der Waals surface area contributed by atoms with Crippen LogP contribution in [0.3, 0.4) is 0 Å². The molecule has 0 amide bonds. The Morgan fingerprint density at radius 3 is 2.73 bits per heavy atom. The quantitative estimate of drug-likeness (QED) is 0.535. The molecule has 4 rings (SSSR count). The molecule has 0 bridgehead atoms. The predicted octanol–water partition coefficient (Wildman–Crippen LogP) is 3.06. The Morgan fingerprint density at radius 2 is 2.07 bits per heavy atom. The summed E-state index contributed by atoms with van der Waals surface area (Å²) < 4.78 is 12.7. The van der Waals surface area contributed by atoms with E-state index in [-0.39, 0.29) is 36.0 Å². The molecule has 1 aliphatic heterocycles. The average Bonchev–Trinajstić information content (AvgIpc) is 2.67. The third-order valence-corrected chi connectivity index (χ3v) is 6.08. The number of aromatic nitrogens is 1. The lowest BCUT2D eigenvalue weighted by Crippen LogP contribution is -2.32. The standard InChI is InChI=1S/C23H27NO6/c1-2-29-23(28)17-13-24-18(14-5-3-6-14)9-15-10-22(30-8-4-7-25)21(27)11-16(15)19(24)12-20(17)26/h10-14,18,25,27H,2-9H2,1H3. The minimum atomic E-state index is -0.605. The van der Waals surface area contributed by atoms with Crippen molar-refractivity contribution >= 4 is 5.97 Å². The third kappa shape index (κ3) is 3.69. The van der Waals surface area contributed by atoms with Crippen molar-refractivity contribution < 1.29 is 24.5 Å². The van der Waals surface area contributed by atoms with Crippen molar-refractivity contribution in [2.75, 3.05) is 19.8 Å². The number of hydrogen-bond donors (Lipinski definition) is 2. The van der Waals surface area contributed by atoms with Crippen LogP contribution in [0.15, 0.2) is 29.2 Å². The van der Waals surface area contributed by atoms with Crippen LogP contribution in [0.4, 0.5) is 0 Å². The number of aliphatic hydroxyl groups excluding tert-OH is 1. The molecule has 1 fully saturated rings. The van der Waals surface area contributed by atoms with Crippen LogP contribution in [-0.2, 0) is 11.2 Å². The molecule has 1 saturated carbocycles. The van der Waals surface area contributed by atoms with E-state index in [1.807, 2.05) is 10.6 Å². The van der Waals surface area contributed by atoms with Gasteiger partial charge in [0, 0.05) is 36.9 Å². The molecule has 2 N–H and O–H groups in total. The highest BCUT2D eigenvalue weighted by Gasteiger charge is 2.35. The molecule has 1 atom stereocenters. The molecule has 1 aromatic heterocycles. The maximum absolute atomic E-state index is 12.7. The first-order valence-corrected chi connectivity index (χ1v) is 10.6. The summed E-state index contributed by atoms with van der Waals surface area (Å²) in [6.45, 7) is 2.26. The molecule has 2 aromatic rings. The van der Waals surface area contributed by atoms with Gasteiger partial charge in [0.15, 0.2) is 16.9 Å². The van der Waals surface area contributed by atoms with Crippen LogP contribution < -0.4 is 10.2 Å². The van der Waals surface area contributed by atoms with E-state index >= 15 is 0 Å². The average molecular weight is 413 g/mol. The summed E-state index contributed by atoms with van der Waals surface area (Å²) in [4.78, 5) is 24.9. The number of esters is 1. The summed E-state index contributed by atoms with van der Waals surface area (Å²) in [6, 6.07) is 5.06. The number of hydrogen-bond acceptors (Lipinski definition) is 6. The van der Waals surface area contributed by atoms with Crippen molar-refractivity contribution in [2.24, 2.45) is 5.92 Å². The fourth-order valence-electron chi connectivity index (χ4n) is 4.32. The van der Waals surface area contributed by atoms with Gasteiger partial charge in [-0.15, -0.1) is 0 Å². The first-order valence-electron chi connectivity index (χ1n) is 10.6. The van der Waals surface area contributed by atoms with Gasteiger partial charge in [0.2, 0.25) is 0 Å². The van der Waals surface area contributed by atoms with Gasteiger partial charge in [-0.2, -0.15) is 0 Å². The Hall–Kier alpha value is -2.80. The van der Waals surface area contributed by atoms with Gasteiger partial charge < -0.3 is 24.3 Å². The van der Waals surface area contributed by atoms with Crippen molar-refractivity contribution in [1.29, 1.82) is 0 Å². The highest BCUT2D eigenvalue weighted by atomic mass is 16.5. The summed E-state index contributed by atoms with van der Waals surface area (Å²) in [7, 11) is 0. The Morgan fingerprint density at radius 1 is 1.27 bits per heavy atom. The maximum Gasteiger partial charge on any atom is 0.343 e. The monoisotopic (exact) mass is 413 g/mol. The Labute approximate surface area is 174 Å². The number of aliphatic hydroxyl groups is 1. The van der Waals surface area contributed by atoms with Gasteiger partial charge in [0.05, 0.1) is 18.9 Å². The SMILES string of the molecule is CCOC(=O)c1cn2c(cc1=O)-c1cc(O)c(OCCCO)cc1CC2C1CCC1. The molecule has 0 radical (unpaired) electrons. The van der Waals surface area contributed by atoms with Gasteiger partial charge in [-0.3, -0.25) is 4.79 Å². The zero-order valence-electron chi connectivity index (χ0n) is 17.1. The molecular weight excluding hydrogens is 386 g/mol. The second-order valence-corrected chi connectivity index (χ2v) is 7.93. The highest BCUT2D eigenvalue weighted by molar-refractivity contribution is 5.89. The van der Waals surface area contributed by atoms with Crippen molar-refractivity contribution in [3.8, 4) is 22.8 Å². The number of ether oxygens (including phenoxy) is 2. The lowest BCUT2D eigenvalue weighted by molar-refractivity contribution is 0.0523. The van der Waals surface area contributed by atoms with Crippen molar-refractivity contribution in [1.82, 2.24) is 4.57 Å². The smallest absolute Gasteiger partial charge is 0.343 e. The van der Waals surface area contributed by atoms with Gasteiger partial charge >= 0.3 is 5.97 Å². The van der Waals surface area contributed by atoms with E-state index in [4.69, 9.17) is 14.6 Å². The van der Waals surface area contributed by atoms with Gasteiger partial charge in [-0.05, 0) is 49.8 Å². The van der Waals surface area contributed by atoms with Gasteiger partial charge in [-0.25, -0.2) is 4.79 Å². The molecule has 160 valence electrons. The van der Waals surface area contributed by atoms with E-state index in [1.54, 1.807) is 19.2 Å². The van der Waals surface area contributed by atoms with Crippen molar-refractivity contribution in [3.05, 3.63) is 45.7 Å². The summed E-state index contributed by atoms with van der Waals surface area (Å²) in [5, 5.41) is 19.4. The van der Waals surface area contributed by atoms with E-state index in [0.29, 0.717) is 30.4 Å². The minimum absolute atomic E-state index is 0.0118. The largest absolute Gasteiger partial charge is 0.504 e. The predicted molar refractivity (Wildman–Crippen MR) is 111 cm³/mol. The number of fused-ring (bicyclic) bond motifs is 3. The molecule has 0 saturated heterocycles. The Kier molecular flexibility index (Phi) is 5.81. The number of carbonyl (C=O) groups excluding carboxylic acids is 1. The van der Waals surface area contributed by atoms with E-state index in [2.05, 4.69) is 0 Å². The number of phenols is 1.